The SMILES string of the molecule is [B]S(=O)(=O)NC(=O)C(C)C. The van der Waals surface area contributed by atoms with Crippen LogP contribution in [0.5, 0.6) is 0 Å². The van der Waals surface area contributed by atoms with E-state index in [2.05, 4.69) is 7.12 Å². The van der Waals surface area contributed by atoms with Crippen LogP contribution in [-0.2, 0) is 14.7 Å². The summed E-state index contributed by atoms with van der Waals surface area (Å²) in [6.07, 6.45) is 0. The highest BCUT2D eigenvalue weighted by Gasteiger charge is 2.10. The van der Waals surface area contributed by atoms with E-state index < -0.39 is 15.8 Å². The fourth-order valence-electron chi connectivity index (χ4n) is 0.258. The Morgan fingerprint density at radius 3 is 2.00 bits per heavy atom. The number of carbonyl (C=O) groups is 1. The van der Waals surface area contributed by atoms with Crippen LogP contribution in [0.3, 0.4) is 0 Å². The molecule has 1 amide bonds. The molecule has 0 saturated carbocycles. The minimum atomic E-state index is -3.87. The summed E-state index contributed by atoms with van der Waals surface area (Å²) in [6.45, 7) is 3.14. The smallest absolute Gasteiger partial charge is 0.274 e. The van der Waals surface area contributed by atoms with E-state index in [-0.39, 0.29) is 5.92 Å². The predicted octanol–water partition coefficient (Wildman–Crippen LogP) is -0.828. The monoisotopic (exact) mass is 161 g/mol. The number of rotatable bonds is 2. The van der Waals surface area contributed by atoms with E-state index in [1.165, 1.54) is 0 Å². The lowest BCUT2D eigenvalue weighted by atomic mass is 10.2. The molecule has 0 aromatic rings. The fraction of sp³-hybridized carbons (Fsp3) is 0.750. The Morgan fingerprint density at radius 2 is 1.90 bits per heavy atom. The van der Waals surface area contributed by atoms with Gasteiger partial charge in [-0.1, -0.05) is 13.8 Å². The van der Waals surface area contributed by atoms with Crippen molar-refractivity contribution in [3.05, 3.63) is 0 Å². The molecule has 0 fully saturated rings. The van der Waals surface area contributed by atoms with Crippen molar-refractivity contribution in [3.8, 4) is 0 Å². The van der Waals surface area contributed by atoms with E-state index >= 15 is 0 Å². The van der Waals surface area contributed by atoms with E-state index in [4.69, 9.17) is 0 Å². The maximum atomic E-state index is 10.6. The first kappa shape index (κ1) is 9.48. The van der Waals surface area contributed by atoms with Crippen molar-refractivity contribution >= 4 is 22.9 Å². The van der Waals surface area contributed by atoms with Crippen LogP contribution >= 0.6 is 0 Å². The molecule has 0 unspecified atom stereocenters. The second-order valence-electron chi connectivity index (χ2n) is 2.17. The number of carbonyl (C=O) groups excluding carboxylic acids is 1. The fourth-order valence-corrected chi connectivity index (χ4v) is 0.774. The molecule has 56 valence electrons. The zero-order valence-electron chi connectivity index (χ0n) is 5.79. The predicted molar refractivity (Wildman–Crippen MR) is 37.7 cm³/mol. The van der Waals surface area contributed by atoms with Crippen LogP contribution in [0.1, 0.15) is 13.8 Å². The molecule has 0 bridgehead atoms. The van der Waals surface area contributed by atoms with Crippen LogP contribution < -0.4 is 4.72 Å². The summed E-state index contributed by atoms with van der Waals surface area (Å²) in [7, 11) is 0.647. The Kier molecular flexibility index (Phi) is 2.89. The van der Waals surface area contributed by atoms with E-state index in [0.717, 1.165) is 0 Å². The van der Waals surface area contributed by atoms with Gasteiger partial charge in [-0.25, -0.2) is 8.42 Å². The summed E-state index contributed by atoms with van der Waals surface area (Å²) < 4.78 is 22.0. The van der Waals surface area contributed by atoms with Crippen molar-refractivity contribution in [2.45, 2.75) is 13.8 Å². The third kappa shape index (κ3) is 4.37. The Balaban J connectivity index is 4.07. The number of amides is 1. The molecule has 0 aliphatic carbocycles. The molecule has 0 aliphatic heterocycles. The van der Waals surface area contributed by atoms with Gasteiger partial charge >= 0.3 is 0 Å². The molecule has 0 aliphatic rings. The molecule has 6 heteroatoms. The third-order valence-electron chi connectivity index (χ3n) is 0.767. The van der Waals surface area contributed by atoms with Gasteiger partial charge in [0.05, 0.1) is 0 Å². The molecular weight excluding hydrogens is 153 g/mol. The zero-order chi connectivity index (χ0) is 8.36. The lowest BCUT2D eigenvalue weighted by Gasteiger charge is -2.04. The molecule has 0 spiro atoms. The quantitative estimate of drug-likeness (QED) is 0.537. The maximum Gasteiger partial charge on any atom is 0.285 e. The minimum Gasteiger partial charge on any atom is -0.274 e. The van der Waals surface area contributed by atoms with Gasteiger partial charge in [0, 0.05) is 5.92 Å². The van der Waals surface area contributed by atoms with E-state index in [1.807, 2.05) is 0 Å². The molecule has 0 rings (SSSR count). The summed E-state index contributed by atoms with van der Waals surface area (Å²) in [4.78, 5) is 10.6. The Labute approximate surface area is 61.4 Å². The van der Waals surface area contributed by atoms with E-state index in [1.54, 1.807) is 18.6 Å². The van der Waals surface area contributed by atoms with Gasteiger partial charge in [-0.05, 0) is 0 Å². The number of nitrogens with one attached hydrogen (secondary N) is 1. The third-order valence-corrected chi connectivity index (χ3v) is 1.25. The summed E-state index contributed by atoms with van der Waals surface area (Å²) in [5, 5.41) is 0. The second kappa shape index (κ2) is 3.05. The van der Waals surface area contributed by atoms with Crippen LogP contribution in [0.15, 0.2) is 0 Å². The van der Waals surface area contributed by atoms with Crippen molar-refractivity contribution in [1.82, 2.24) is 4.72 Å². The first-order chi connectivity index (χ1) is 4.33. The van der Waals surface area contributed by atoms with E-state index in [9.17, 15) is 13.2 Å². The van der Waals surface area contributed by atoms with Gasteiger partial charge in [0.1, 0.15) is 0 Å². The van der Waals surface area contributed by atoms with Crippen molar-refractivity contribution in [2.24, 2.45) is 5.92 Å². The highest BCUT2D eigenvalue weighted by molar-refractivity contribution is 8.11. The molecule has 10 heavy (non-hydrogen) atoms. The van der Waals surface area contributed by atoms with Crippen LogP contribution in [0.4, 0.5) is 0 Å². The summed E-state index contributed by atoms with van der Waals surface area (Å²) in [5.74, 6) is -0.971. The molecular formula is C4H8BNO3S. The Bertz CT molecular complexity index is 221. The highest BCUT2D eigenvalue weighted by Crippen LogP contribution is 1.90. The molecule has 2 radical (unpaired) electrons. The van der Waals surface area contributed by atoms with Gasteiger partial charge in [-0.2, -0.15) is 0 Å². The number of hydrogen-bond donors (Lipinski definition) is 1. The highest BCUT2D eigenvalue weighted by atomic mass is 32.2. The second-order valence-corrected chi connectivity index (χ2v) is 3.46. The largest absolute Gasteiger partial charge is 0.285 e. The Hall–Kier alpha value is -0.515. The summed E-state index contributed by atoms with van der Waals surface area (Å²) >= 11 is 0. The zero-order valence-corrected chi connectivity index (χ0v) is 6.60. The first-order valence-electron chi connectivity index (χ1n) is 2.67. The van der Waals surface area contributed by atoms with Gasteiger partial charge in [-0.15, -0.1) is 0 Å². The van der Waals surface area contributed by atoms with Gasteiger partial charge in [0.2, 0.25) is 5.91 Å². The topological polar surface area (TPSA) is 63.2 Å². The molecule has 0 saturated heterocycles. The van der Waals surface area contributed by atoms with Crippen molar-refractivity contribution < 1.29 is 13.2 Å². The molecule has 1 N–H and O–H groups in total. The molecule has 4 nitrogen and oxygen atoms in total. The van der Waals surface area contributed by atoms with Crippen molar-refractivity contribution in [2.75, 3.05) is 0 Å². The normalized spacial score (nSPS) is 11.5. The van der Waals surface area contributed by atoms with E-state index in [0.29, 0.717) is 0 Å². The summed E-state index contributed by atoms with van der Waals surface area (Å²) in [5.41, 5.74) is 0. The molecule has 0 heterocycles. The minimum absolute atomic E-state index is 0.377. The molecule has 0 aromatic carbocycles. The molecule has 0 atom stereocenters. The van der Waals surface area contributed by atoms with Gasteiger partial charge in [0.25, 0.3) is 7.12 Å². The van der Waals surface area contributed by atoms with Crippen molar-refractivity contribution in [1.29, 1.82) is 0 Å². The van der Waals surface area contributed by atoms with Crippen molar-refractivity contribution in [3.63, 3.8) is 0 Å². The summed E-state index contributed by atoms with van der Waals surface area (Å²) in [6, 6.07) is 0. The van der Waals surface area contributed by atoms with Gasteiger partial charge in [-0.3, -0.25) is 9.52 Å². The van der Waals surface area contributed by atoms with Gasteiger partial charge in [0.15, 0.2) is 9.87 Å². The number of hydrogen-bond acceptors (Lipinski definition) is 3. The van der Waals surface area contributed by atoms with Crippen LogP contribution in [0.2, 0.25) is 0 Å². The Morgan fingerprint density at radius 1 is 1.50 bits per heavy atom. The standard InChI is InChI=1S/C4H8BNO3S/c1-3(2)4(7)6-10(5,8)9/h3H,1-2H3,(H,6,7). The van der Waals surface area contributed by atoms with Crippen LogP contribution in [0, 0.1) is 5.92 Å². The van der Waals surface area contributed by atoms with Crippen LogP contribution in [-0.4, -0.2) is 21.4 Å². The lowest BCUT2D eigenvalue weighted by Crippen LogP contribution is -2.33. The lowest BCUT2D eigenvalue weighted by molar-refractivity contribution is -0.122. The van der Waals surface area contributed by atoms with Gasteiger partial charge < -0.3 is 0 Å². The van der Waals surface area contributed by atoms with Crippen LogP contribution in [0.25, 0.3) is 0 Å². The maximum absolute atomic E-state index is 10.6. The average molecular weight is 161 g/mol. The first-order valence-corrected chi connectivity index (χ1v) is 4.22. The average Bonchev–Trinajstić information content (AvgIpc) is 1.60. The molecule has 0 aromatic heterocycles.